The molecule has 0 fully saturated rings. The van der Waals surface area contributed by atoms with Crippen LogP contribution in [0.4, 0.5) is 0 Å². The molecule has 0 amide bonds. The number of aryl methyl sites for hydroxylation is 2. The van der Waals surface area contributed by atoms with Crippen molar-refractivity contribution in [3.05, 3.63) is 139 Å². The minimum absolute atomic E-state index is 0. The minimum Gasteiger partial charge on any atom is -0.691 e. The van der Waals surface area contributed by atoms with Crippen LogP contribution in [0.5, 0.6) is 11.5 Å². The summed E-state index contributed by atoms with van der Waals surface area (Å²) in [5.41, 5.74) is 3.23. The largest absolute Gasteiger partial charge is 1.00 e. The predicted octanol–water partition coefficient (Wildman–Crippen LogP) is 4.92. The molecule has 0 aliphatic carbocycles. The Bertz CT molecular complexity index is 3290. The molecule has 2 aromatic heterocycles. The summed E-state index contributed by atoms with van der Waals surface area (Å²) >= 11 is 0.730. The molecule has 9 rings (SSSR count). The van der Waals surface area contributed by atoms with Gasteiger partial charge in [-0.2, -0.15) is 21.2 Å². The molecule has 0 saturated carbocycles. The summed E-state index contributed by atoms with van der Waals surface area (Å²) in [7, 11) is -9.01. The number of aromatic nitrogens is 4. The Kier molecular flexibility index (Phi) is 11.0. The number of fused-ring (bicyclic) bond motifs is 6. The van der Waals surface area contributed by atoms with Crippen molar-refractivity contribution in [3.63, 3.8) is 0 Å². The second-order valence-corrected chi connectivity index (χ2v) is 17.1. The third-order valence-electron chi connectivity index (χ3n) is 9.30. The van der Waals surface area contributed by atoms with Gasteiger partial charge < -0.3 is 18.0 Å². The third kappa shape index (κ3) is 7.92. The van der Waals surface area contributed by atoms with Crippen LogP contribution in [-0.2, 0) is 29.6 Å². The van der Waals surface area contributed by atoms with Crippen molar-refractivity contribution in [2.75, 3.05) is 0 Å². The van der Waals surface area contributed by atoms with Gasteiger partial charge in [-0.1, -0.05) is 77.9 Å². The Hall–Kier alpha value is -5.34. The summed E-state index contributed by atoms with van der Waals surface area (Å²) in [6.07, 6.45) is 0. The van der Waals surface area contributed by atoms with Gasteiger partial charge in [-0.3, -0.25) is 5.04 Å². The SMILES string of the molecule is Cc1ccc(S(=O)(=O)Oc2cc(-n3nc4ccc5cc(SOO[O-])ccc5c4n3)c(OS(=O)(=O)c3ccc(C)cc3)cc2-c2nc3ccc4ccccc4c3o2)cc1.[Na+]. The molecule has 0 spiro atoms. The monoisotopic (exact) mass is 854 g/mol. The quantitative estimate of drug-likeness (QED) is 0.0561. The fourth-order valence-electron chi connectivity index (χ4n) is 6.42. The van der Waals surface area contributed by atoms with Crippen molar-refractivity contribution in [2.45, 2.75) is 28.5 Å². The third-order valence-corrected chi connectivity index (χ3v) is 12.4. The second-order valence-electron chi connectivity index (χ2n) is 13.2. The molecule has 7 aromatic carbocycles. The fraction of sp³-hybridized carbons (Fsp3) is 0.0488. The van der Waals surface area contributed by atoms with Crippen molar-refractivity contribution in [3.8, 4) is 28.6 Å². The number of rotatable bonds is 11. The maximum atomic E-state index is 13.9. The van der Waals surface area contributed by atoms with Crippen molar-refractivity contribution >= 4 is 76.0 Å². The molecule has 59 heavy (non-hydrogen) atoms. The van der Waals surface area contributed by atoms with E-state index in [0.717, 1.165) is 38.7 Å². The summed E-state index contributed by atoms with van der Waals surface area (Å²) in [5, 5.41) is 26.2. The molecule has 0 N–H and O–H groups in total. The molecule has 0 unspecified atom stereocenters. The first-order valence-corrected chi connectivity index (χ1v) is 20.9. The van der Waals surface area contributed by atoms with Gasteiger partial charge in [-0.25, -0.2) is 4.98 Å². The van der Waals surface area contributed by atoms with Crippen LogP contribution >= 0.6 is 12.0 Å². The Morgan fingerprint density at radius 2 is 1.31 bits per heavy atom. The molecule has 9 aromatic rings. The van der Waals surface area contributed by atoms with E-state index in [2.05, 4.69) is 14.5 Å². The van der Waals surface area contributed by atoms with Crippen LogP contribution in [0, 0.1) is 13.8 Å². The van der Waals surface area contributed by atoms with E-state index in [4.69, 9.17) is 22.9 Å². The molecule has 14 nitrogen and oxygen atoms in total. The van der Waals surface area contributed by atoms with Gasteiger partial charge in [0.25, 0.3) is 0 Å². The van der Waals surface area contributed by atoms with E-state index >= 15 is 0 Å². The van der Waals surface area contributed by atoms with Gasteiger partial charge in [-0.15, -0.1) is 15.0 Å². The van der Waals surface area contributed by atoms with Gasteiger partial charge in [0, 0.05) is 27.8 Å². The van der Waals surface area contributed by atoms with Crippen LogP contribution in [0.15, 0.2) is 146 Å². The van der Waals surface area contributed by atoms with E-state index in [1.165, 1.54) is 36.4 Å². The van der Waals surface area contributed by atoms with E-state index in [1.807, 2.05) is 44.2 Å². The molecule has 290 valence electrons. The van der Waals surface area contributed by atoms with Crippen LogP contribution in [0.25, 0.3) is 60.8 Å². The summed E-state index contributed by atoms with van der Waals surface area (Å²) in [6, 6.07) is 34.6. The molecule has 0 radical (unpaired) electrons. The van der Waals surface area contributed by atoms with E-state index in [0.29, 0.717) is 37.8 Å². The zero-order valence-electron chi connectivity index (χ0n) is 31.2. The first-order valence-electron chi connectivity index (χ1n) is 17.4. The zero-order chi connectivity index (χ0) is 40.2. The minimum atomic E-state index is -4.51. The van der Waals surface area contributed by atoms with Gasteiger partial charge >= 0.3 is 49.8 Å². The van der Waals surface area contributed by atoms with Gasteiger partial charge in [0.05, 0.1) is 17.6 Å². The first kappa shape index (κ1) is 40.4. The van der Waals surface area contributed by atoms with Crippen molar-refractivity contribution in [2.24, 2.45) is 0 Å². The second kappa shape index (κ2) is 16.0. The van der Waals surface area contributed by atoms with E-state index < -0.39 is 20.2 Å². The molecule has 0 aliphatic heterocycles. The van der Waals surface area contributed by atoms with E-state index in [1.54, 1.807) is 60.7 Å². The molecule has 2 heterocycles. The fourth-order valence-corrected chi connectivity index (χ4v) is 8.70. The van der Waals surface area contributed by atoms with Crippen molar-refractivity contribution < 1.29 is 73.8 Å². The van der Waals surface area contributed by atoms with Crippen LogP contribution < -0.4 is 43.2 Å². The predicted molar refractivity (Wildman–Crippen MR) is 213 cm³/mol. The molecule has 18 heteroatoms. The standard InChI is InChI=1S/C41H28N4O10S3.Na/c1-24-7-14-29(15-8-24)57(47,48)52-37-23-36(45-43-34-19-12-27-21-28(56-55-54-46)13-18-31(27)39(34)44-45)38(53-58(49,50)30-16-9-25(2)10-17-30)22-33(37)41-42-35-20-11-26-5-3-4-6-32(26)40(35)51-41;/h3-23,46H,1-2H3;/q;+1/p-1. The maximum Gasteiger partial charge on any atom is 1.00 e. The van der Waals surface area contributed by atoms with E-state index in [-0.39, 0.29) is 68.0 Å². The van der Waals surface area contributed by atoms with Crippen molar-refractivity contribution in [1.29, 1.82) is 0 Å². The number of hydrogen-bond donors (Lipinski definition) is 0. The van der Waals surface area contributed by atoms with Crippen LogP contribution in [0.3, 0.4) is 0 Å². The van der Waals surface area contributed by atoms with Gasteiger partial charge in [0.15, 0.2) is 17.1 Å². The first-order chi connectivity index (χ1) is 28.0. The summed E-state index contributed by atoms with van der Waals surface area (Å²) in [4.78, 5) is 6.14. The molecule has 0 bridgehead atoms. The Morgan fingerprint density at radius 1 is 0.661 bits per heavy atom. The average molecular weight is 855 g/mol. The number of hydrogen-bond acceptors (Lipinski definition) is 14. The summed E-state index contributed by atoms with van der Waals surface area (Å²) < 4.78 is 78.3. The topological polar surface area (TPSA) is 185 Å². The smallest absolute Gasteiger partial charge is 0.691 e. The Labute approximate surface area is 362 Å². The van der Waals surface area contributed by atoms with Gasteiger partial charge in [0.1, 0.15) is 32.0 Å². The number of oxazole rings is 1. The van der Waals surface area contributed by atoms with Crippen molar-refractivity contribution in [1.82, 2.24) is 20.0 Å². The zero-order valence-corrected chi connectivity index (χ0v) is 35.7. The van der Waals surface area contributed by atoms with Gasteiger partial charge in [-0.05, 0) is 73.2 Å². The molecule has 0 aliphatic rings. The molecule has 0 saturated heterocycles. The van der Waals surface area contributed by atoms with Crippen LogP contribution in [-0.4, -0.2) is 36.8 Å². The Balaban J connectivity index is 0.00000484. The van der Waals surface area contributed by atoms with Crippen LogP contribution in [0.2, 0.25) is 0 Å². The van der Waals surface area contributed by atoms with E-state index in [9.17, 15) is 22.1 Å². The summed E-state index contributed by atoms with van der Waals surface area (Å²) in [5.74, 6) is -0.643. The van der Waals surface area contributed by atoms with Gasteiger partial charge in [0.2, 0.25) is 5.89 Å². The van der Waals surface area contributed by atoms with Crippen LogP contribution in [0.1, 0.15) is 11.1 Å². The number of benzene rings is 7. The number of nitrogens with zero attached hydrogens (tertiary/aromatic N) is 4. The normalized spacial score (nSPS) is 12.0. The molecular formula is C41H27N4NaO10S3. The summed E-state index contributed by atoms with van der Waals surface area (Å²) in [6.45, 7) is 3.64. The average Bonchev–Trinajstić information content (AvgIpc) is 3.86. The Morgan fingerprint density at radius 3 is 2.00 bits per heavy atom. The maximum absolute atomic E-state index is 13.9. The molecule has 0 atom stereocenters. The molecular weight excluding hydrogens is 828 g/mol.